The minimum Gasteiger partial charge on any atom is -0.340 e. The number of para-hydroxylation sites is 1. The molecule has 2 aromatic rings. The zero-order chi connectivity index (χ0) is 14.8. The third-order valence-corrected chi connectivity index (χ3v) is 4.26. The van der Waals surface area contributed by atoms with Crippen LogP contribution in [-0.4, -0.2) is 58.7 Å². The molecule has 1 saturated heterocycles. The number of carbonyl (C=O) groups is 1. The SMILES string of the molecule is Cc1cccc2cnn(CCC(=O)N3CCN(C)CC3)c12. The Bertz CT molecular complexity index is 641. The summed E-state index contributed by atoms with van der Waals surface area (Å²) in [5, 5.41) is 5.56. The monoisotopic (exact) mass is 286 g/mol. The number of likely N-dealkylation sites (N-methyl/N-ethyl adjacent to an activating group) is 1. The predicted octanol–water partition coefficient (Wildman–Crippen LogP) is 1.51. The van der Waals surface area contributed by atoms with Gasteiger partial charge in [0.2, 0.25) is 5.91 Å². The molecule has 0 radical (unpaired) electrons. The van der Waals surface area contributed by atoms with Gasteiger partial charge in [-0.25, -0.2) is 0 Å². The Labute approximate surface area is 125 Å². The van der Waals surface area contributed by atoms with Crippen molar-refractivity contribution in [2.24, 2.45) is 0 Å². The summed E-state index contributed by atoms with van der Waals surface area (Å²) in [7, 11) is 2.10. The van der Waals surface area contributed by atoms with Crippen LogP contribution in [0.15, 0.2) is 24.4 Å². The number of rotatable bonds is 3. The summed E-state index contributed by atoms with van der Waals surface area (Å²) in [6.07, 6.45) is 2.40. The standard InChI is InChI=1S/C16H22N4O/c1-13-4-3-5-14-12-17-20(16(13)14)7-6-15(21)19-10-8-18(2)9-11-19/h3-5,12H,6-11H2,1-2H3. The fourth-order valence-electron chi connectivity index (χ4n) is 2.91. The third-order valence-electron chi connectivity index (χ3n) is 4.26. The lowest BCUT2D eigenvalue weighted by Gasteiger charge is -2.32. The highest BCUT2D eigenvalue weighted by atomic mass is 16.2. The summed E-state index contributed by atoms with van der Waals surface area (Å²) in [4.78, 5) is 16.5. The van der Waals surface area contributed by atoms with Gasteiger partial charge in [0.1, 0.15) is 0 Å². The molecule has 1 amide bonds. The molecular formula is C16H22N4O. The Morgan fingerprint density at radius 3 is 2.76 bits per heavy atom. The van der Waals surface area contributed by atoms with Gasteiger partial charge in [-0.1, -0.05) is 18.2 Å². The van der Waals surface area contributed by atoms with Crippen LogP contribution in [0.4, 0.5) is 0 Å². The van der Waals surface area contributed by atoms with Crippen molar-refractivity contribution < 1.29 is 4.79 Å². The zero-order valence-electron chi connectivity index (χ0n) is 12.7. The van der Waals surface area contributed by atoms with Crippen LogP contribution in [-0.2, 0) is 11.3 Å². The van der Waals surface area contributed by atoms with Crippen LogP contribution in [0, 0.1) is 6.92 Å². The Hall–Kier alpha value is -1.88. The molecule has 0 aliphatic carbocycles. The predicted molar refractivity (Wildman–Crippen MR) is 83.2 cm³/mol. The molecule has 5 heteroatoms. The molecule has 0 spiro atoms. The summed E-state index contributed by atoms with van der Waals surface area (Å²) in [6.45, 7) is 6.36. The van der Waals surface area contributed by atoms with Crippen molar-refractivity contribution in [3.05, 3.63) is 30.0 Å². The molecular weight excluding hydrogens is 264 g/mol. The van der Waals surface area contributed by atoms with Gasteiger partial charge < -0.3 is 9.80 Å². The lowest BCUT2D eigenvalue weighted by atomic mass is 10.2. The molecule has 1 fully saturated rings. The number of aromatic nitrogens is 2. The van der Waals surface area contributed by atoms with Crippen LogP contribution >= 0.6 is 0 Å². The maximum atomic E-state index is 12.3. The normalized spacial score (nSPS) is 16.6. The Balaban J connectivity index is 1.65. The van der Waals surface area contributed by atoms with Gasteiger partial charge in [-0.05, 0) is 19.5 Å². The molecule has 2 heterocycles. The molecule has 1 aromatic carbocycles. The number of amides is 1. The highest BCUT2D eigenvalue weighted by Crippen LogP contribution is 2.18. The summed E-state index contributed by atoms with van der Waals surface area (Å²) in [5.41, 5.74) is 2.35. The fourth-order valence-corrected chi connectivity index (χ4v) is 2.91. The van der Waals surface area contributed by atoms with E-state index in [0.29, 0.717) is 13.0 Å². The lowest BCUT2D eigenvalue weighted by Crippen LogP contribution is -2.47. The quantitative estimate of drug-likeness (QED) is 0.859. The minimum absolute atomic E-state index is 0.236. The van der Waals surface area contributed by atoms with Crippen LogP contribution in [0.5, 0.6) is 0 Å². The highest BCUT2D eigenvalue weighted by molar-refractivity contribution is 5.82. The van der Waals surface area contributed by atoms with Crippen LogP contribution in [0.1, 0.15) is 12.0 Å². The van der Waals surface area contributed by atoms with Crippen molar-refractivity contribution in [2.45, 2.75) is 19.9 Å². The Morgan fingerprint density at radius 1 is 1.24 bits per heavy atom. The molecule has 0 atom stereocenters. The lowest BCUT2D eigenvalue weighted by molar-refractivity contribution is -0.133. The third kappa shape index (κ3) is 2.93. The average molecular weight is 286 g/mol. The second-order valence-electron chi connectivity index (χ2n) is 5.81. The molecule has 0 bridgehead atoms. The second kappa shape index (κ2) is 5.85. The number of carbonyl (C=O) groups excluding carboxylic acids is 1. The van der Waals surface area contributed by atoms with Crippen LogP contribution in [0.2, 0.25) is 0 Å². The van der Waals surface area contributed by atoms with Crippen molar-refractivity contribution in [3.63, 3.8) is 0 Å². The van der Waals surface area contributed by atoms with E-state index in [1.807, 2.05) is 21.8 Å². The molecule has 0 unspecified atom stereocenters. The smallest absolute Gasteiger partial charge is 0.224 e. The van der Waals surface area contributed by atoms with E-state index in [1.54, 1.807) is 0 Å². The summed E-state index contributed by atoms with van der Waals surface area (Å²) in [5.74, 6) is 0.236. The van der Waals surface area contributed by atoms with E-state index in [1.165, 1.54) is 5.56 Å². The molecule has 1 aliphatic rings. The van der Waals surface area contributed by atoms with E-state index in [2.05, 4.69) is 36.1 Å². The topological polar surface area (TPSA) is 41.4 Å². The average Bonchev–Trinajstić information content (AvgIpc) is 2.90. The van der Waals surface area contributed by atoms with Crippen molar-refractivity contribution in [3.8, 4) is 0 Å². The molecule has 21 heavy (non-hydrogen) atoms. The molecule has 1 aromatic heterocycles. The van der Waals surface area contributed by atoms with Crippen molar-refractivity contribution >= 4 is 16.8 Å². The molecule has 1 aliphatic heterocycles. The van der Waals surface area contributed by atoms with E-state index in [4.69, 9.17) is 0 Å². The highest BCUT2D eigenvalue weighted by Gasteiger charge is 2.19. The first-order valence-corrected chi connectivity index (χ1v) is 7.52. The van der Waals surface area contributed by atoms with Gasteiger partial charge in [0.25, 0.3) is 0 Å². The largest absolute Gasteiger partial charge is 0.340 e. The van der Waals surface area contributed by atoms with Gasteiger partial charge >= 0.3 is 0 Å². The Morgan fingerprint density at radius 2 is 2.00 bits per heavy atom. The van der Waals surface area contributed by atoms with Crippen molar-refractivity contribution in [1.82, 2.24) is 19.6 Å². The van der Waals surface area contributed by atoms with Crippen molar-refractivity contribution in [2.75, 3.05) is 33.2 Å². The van der Waals surface area contributed by atoms with E-state index >= 15 is 0 Å². The first-order valence-electron chi connectivity index (χ1n) is 7.52. The van der Waals surface area contributed by atoms with Gasteiger partial charge in [-0.15, -0.1) is 0 Å². The van der Waals surface area contributed by atoms with E-state index in [-0.39, 0.29) is 5.91 Å². The van der Waals surface area contributed by atoms with E-state index in [0.717, 1.165) is 37.1 Å². The van der Waals surface area contributed by atoms with Gasteiger partial charge in [0.05, 0.1) is 18.3 Å². The fraction of sp³-hybridized carbons (Fsp3) is 0.500. The summed E-state index contributed by atoms with van der Waals surface area (Å²) < 4.78 is 1.96. The van der Waals surface area contributed by atoms with Crippen LogP contribution in [0.3, 0.4) is 0 Å². The second-order valence-corrected chi connectivity index (χ2v) is 5.81. The van der Waals surface area contributed by atoms with E-state index < -0.39 is 0 Å². The molecule has 3 rings (SSSR count). The minimum atomic E-state index is 0.236. The Kier molecular flexibility index (Phi) is 3.92. The number of nitrogens with zero attached hydrogens (tertiary/aromatic N) is 4. The van der Waals surface area contributed by atoms with Gasteiger partial charge in [-0.3, -0.25) is 9.48 Å². The zero-order valence-corrected chi connectivity index (χ0v) is 12.7. The van der Waals surface area contributed by atoms with Crippen LogP contribution < -0.4 is 0 Å². The maximum Gasteiger partial charge on any atom is 0.224 e. The summed E-state index contributed by atoms with van der Waals surface area (Å²) >= 11 is 0. The molecule has 5 nitrogen and oxygen atoms in total. The first kappa shape index (κ1) is 14.1. The first-order chi connectivity index (χ1) is 10.1. The number of fused-ring (bicyclic) bond motifs is 1. The molecule has 0 saturated carbocycles. The summed E-state index contributed by atoms with van der Waals surface area (Å²) in [6, 6.07) is 6.19. The van der Waals surface area contributed by atoms with Crippen LogP contribution in [0.25, 0.3) is 10.9 Å². The van der Waals surface area contributed by atoms with Crippen molar-refractivity contribution in [1.29, 1.82) is 0 Å². The maximum absolute atomic E-state index is 12.3. The molecule has 0 N–H and O–H groups in total. The number of hydrogen-bond acceptors (Lipinski definition) is 3. The number of benzene rings is 1. The number of aryl methyl sites for hydroxylation is 2. The van der Waals surface area contributed by atoms with Gasteiger partial charge in [0, 0.05) is 38.0 Å². The number of hydrogen-bond donors (Lipinski definition) is 0. The van der Waals surface area contributed by atoms with Gasteiger partial charge in [0.15, 0.2) is 0 Å². The van der Waals surface area contributed by atoms with Gasteiger partial charge in [-0.2, -0.15) is 5.10 Å². The van der Waals surface area contributed by atoms with E-state index in [9.17, 15) is 4.79 Å². The molecule has 112 valence electrons. The number of piperazine rings is 1.